The Kier molecular flexibility index (Phi) is 4.48. The number of carbonyl (C=O) groups is 1. The summed E-state index contributed by atoms with van der Waals surface area (Å²) in [4.78, 5) is 19.5. The van der Waals surface area contributed by atoms with Crippen LogP contribution in [0.5, 0.6) is 0 Å². The highest BCUT2D eigenvalue weighted by atomic mass is 32.1. The maximum atomic E-state index is 13.4. The molecule has 2 fully saturated rings. The van der Waals surface area contributed by atoms with Crippen molar-refractivity contribution in [1.82, 2.24) is 4.98 Å². The van der Waals surface area contributed by atoms with Gasteiger partial charge in [0.25, 0.3) is 5.91 Å². The van der Waals surface area contributed by atoms with Crippen molar-refractivity contribution in [3.05, 3.63) is 53.3 Å². The molecule has 2 aromatic rings. The van der Waals surface area contributed by atoms with Crippen LogP contribution in [0, 0.1) is 22.7 Å². The Balaban J connectivity index is 1.86. The van der Waals surface area contributed by atoms with E-state index in [4.69, 9.17) is 17.5 Å². The highest BCUT2D eigenvalue weighted by molar-refractivity contribution is 7.81. The maximum absolute atomic E-state index is 13.4. The topological polar surface area (TPSA) is 84.0 Å². The number of nitriles is 2. The lowest BCUT2D eigenvalue weighted by molar-refractivity contribution is -0.138. The molecule has 10 heteroatoms. The quantitative estimate of drug-likeness (QED) is 0.676. The van der Waals surface area contributed by atoms with Crippen LogP contribution in [0.1, 0.15) is 36.1 Å². The number of rotatable bonds is 2. The predicted molar refractivity (Wildman–Crippen MR) is 104 cm³/mol. The summed E-state index contributed by atoms with van der Waals surface area (Å²) in [5.41, 5.74) is -2.51. The average Bonchev–Trinajstić information content (AvgIpc) is 2.93. The minimum atomic E-state index is -4.82. The first-order valence-electron chi connectivity index (χ1n) is 8.90. The van der Waals surface area contributed by atoms with Gasteiger partial charge in [0.1, 0.15) is 17.7 Å². The molecule has 1 aliphatic carbocycles. The van der Waals surface area contributed by atoms with Gasteiger partial charge >= 0.3 is 6.18 Å². The normalized spacial score (nSPS) is 17.6. The van der Waals surface area contributed by atoms with E-state index in [1.54, 1.807) is 29.2 Å². The number of hydrogen-bond donors (Lipinski definition) is 0. The second-order valence-electron chi connectivity index (χ2n) is 6.97. The van der Waals surface area contributed by atoms with Crippen molar-refractivity contribution in [1.29, 1.82) is 10.5 Å². The molecule has 150 valence electrons. The summed E-state index contributed by atoms with van der Waals surface area (Å²) in [7, 11) is 0. The molecule has 0 N–H and O–H groups in total. The van der Waals surface area contributed by atoms with Gasteiger partial charge in [-0.15, -0.1) is 0 Å². The second-order valence-corrected chi connectivity index (χ2v) is 7.34. The van der Waals surface area contributed by atoms with E-state index in [-0.39, 0.29) is 10.8 Å². The number of pyridine rings is 1. The Hall–Kier alpha value is -3.50. The van der Waals surface area contributed by atoms with Gasteiger partial charge in [0.05, 0.1) is 28.7 Å². The smallest absolute Gasteiger partial charge is 0.302 e. The van der Waals surface area contributed by atoms with Gasteiger partial charge in [-0.05, 0) is 49.7 Å². The summed E-state index contributed by atoms with van der Waals surface area (Å²) in [6, 6.07) is 10.8. The van der Waals surface area contributed by atoms with Gasteiger partial charge in [-0.1, -0.05) is 12.1 Å². The number of benzene rings is 1. The number of aromatic nitrogens is 1. The number of hydrogen-bond acceptors (Lipinski definition) is 5. The van der Waals surface area contributed by atoms with Crippen LogP contribution in [0.4, 0.5) is 24.5 Å². The third kappa shape index (κ3) is 2.72. The van der Waals surface area contributed by atoms with Crippen molar-refractivity contribution >= 4 is 34.6 Å². The lowest BCUT2D eigenvalue weighted by atomic mass is 9.75. The Labute approximate surface area is 174 Å². The summed E-state index contributed by atoms with van der Waals surface area (Å²) < 4.78 is 40.2. The largest absolute Gasteiger partial charge is 0.419 e. The minimum Gasteiger partial charge on any atom is -0.302 e. The Morgan fingerprint density at radius 2 is 1.87 bits per heavy atom. The van der Waals surface area contributed by atoms with E-state index < -0.39 is 28.9 Å². The van der Waals surface area contributed by atoms with Gasteiger partial charge in [-0.2, -0.15) is 23.7 Å². The highest BCUT2D eigenvalue weighted by Crippen LogP contribution is 2.48. The van der Waals surface area contributed by atoms with Crippen molar-refractivity contribution in [2.75, 3.05) is 9.80 Å². The molecule has 2 heterocycles. The van der Waals surface area contributed by atoms with E-state index in [0.29, 0.717) is 30.2 Å². The first-order chi connectivity index (χ1) is 14.2. The zero-order valence-electron chi connectivity index (χ0n) is 15.3. The number of halogens is 3. The molecule has 4 rings (SSSR count). The molecule has 1 saturated heterocycles. The molecule has 1 aliphatic heterocycles. The van der Waals surface area contributed by atoms with Crippen molar-refractivity contribution in [2.24, 2.45) is 0 Å². The first-order valence-corrected chi connectivity index (χ1v) is 9.30. The summed E-state index contributed by atoms with van der Waals surface area (Å²) in [5.74, 6) is -0.467. The third-order valence-electron chi connectivity index (χ3n) is 5.40. The van der Waals surface area contributed by atoms with Gasteiger partial charge in [0, 0.05) is 0 Å². The predicted octanol–water partition coefficient (Wildman–Crippen LogP) is 3.90. The Morgan fingerprint density at radius 1 is 1.17 bits per heavy atom. The molecule has 6 nitrogen and oxygen atoms in total. The molecule has 0 bridgehead atoms. The van der Waals surface area contributed by atoms with Crippen LogP contribution in [0.3, 0.4) is 0 Å². The standard InChI is InChI=1S/C20H12F3N5OS/c21-20(22,23)14-8-13(11-26-15(14)10-25)27-17(29)19(6-3-7-19)28(18(27)30)16-5-2-1-4-12(16)9-24/h1-2,4-5,8,11H,3,6-7H2. The number of nitrogens with zero attached hydrogens (tertiary/aromatic N) is 5. The van der Waals surface area contributed by atoms with Gasteiger partial charge in [0.2, 0.25) is 0 Å². The van der Waals surface area contributed by atoms with E-state index in [1.165, 1.54) is 6.07 Å². The van der Waals surface area contributed by atoms with Crippen LogP contribution >= 0.6 is 12.2 Å². The fourth-order valence-corrected chi connectivity index (χ4v) is 4.29. The lowest BCUT2D eigenvalue weighted by Crippen LogP contribution is -2.55. The molecule has 2 aliphatic rings. The third-order valence-corrected chi connectivity index (χ3v) is 5.77. The molecule has 0 atom stereocenters. The number of amides is 1. The van der Waals surface area contributed by atoms with Crippen molar-refractivity contribution in [3.8, 4) is 12.1 Å². The van der Waals surface area contributed by atoms with Crippen LogP contribution in [-0.4, -0.2) is 21.5 Å². The van der Waals surface area contributed by atoms with Crippen LogP contribution in [0.15, 0.2) is 36.5 Å². The molecular formula is C20H12F3N5OS. The van der Waals surface area contributed by atoms with E-state index in [0.717, 1.165) is 17.5 Å². The zero-order chi connectivity index (χ0) is 21.7. The van der Waals surface area contributed by atoms with Crippen LogP contribution < -0.4 is 9.80 Å². The molecule has 1 saturated carbocycles. The van der Waals surface area contributed by atoms with Crippen molar-refractivity contribution < 1.29 is 18.0 Å². The van der Waals surface area contributed by atoms with Gasteiger partial charge in [0.15, 0.2) is 10.8 Å². The molecule has 0 radical (unpaired) electrons. The van der Waals surface area contributed by atoms with Crippen LogP contribution in [0.25, 0.3) is 0 Å². The summed E-state index contributed by atoms with van der Waals surface area (Å²) in [6.07, 6.45) is -2.13. The molecule has 1 spiro atoms. The summed E-state index contributed by atoms with van der Waals surface area (Å²) in [5, 5.41) is 18.4. The summed E-state index contributed by atoms with van der Waals surface area (Å²) >= 11 is 5.51. The molecular weight excluding hydrogens is 415 g/mol. The Bertz CT molecular complexity index is 1160. The highest BCUT2D eigenvalue weighted by Gasteiger charge is 2.60. The fraction of sp³-hybridized carbons (Fsp3) is 0.250. The average molecular weight is 427 g/mol. The second kappa shape index (κ2) is 6.78. The molecule has 30 heavy (non-hydrogen) atoms. The van der Waals surface area contributed by atoms with Crippen molar-refractivity contribution in [3.63, 3.8) is 0 Å². The first kappa shape index (κ1) is 19.8. The molecule has 1 aromatic heterocycles. The Morgan fingerprint density at radius 3 is 2.43 bits per heavy atom. The molecule has 1 amide bonds. The fourth-order valence-electron chi connectivity index (χ4n) is 3.83. The number of alkyl halides is 3. The zero-order valence-corrected chi connectivity index (χ0v) is 16.1. The van der Waals surface area contributed by atoms with Gasteiger partial charge < -0.3 is 4.90 Å². The maximum Gasteiger partial charge on any atom is 0.419 e. The van der Waals surface area contributed by atoms with E-state index in [9.17, 15) is 23.2 Å². The lowest BCUT2D eigenvalue weighted by Gasteiger charge is -2.43. The number of anilines is 2. The number of para-hydroxylation sites is 1. The summed E-state index contributed by atoms with van der Waals surface area (Å²) in [6.45, 7) is 0. The SMILES string of the molecule is N#Cc1ccccc1N1C(=S)N(c2cnc(C#N)c(C(F)(F)F)c2)C(=O)C12CCC2. The van der Waals surface area contributed by atoms with Crippen LogP contribution in [0.2, 0.25) is 0 Å². The van der Waals surface area contributed by atoms with Gasteiger partial charge in [-0.3, -0.25) is 9.69 Å². The van der Waals surface area contributed by atoms with E-state index in [1.807, 2.05) is 0 Å². The minimum absolute atomic E-state index is 0.0259. The van der Waals surface area contributed by atoms with Gasteiger partial charge in [-0.25, -0.2) is 4.98 Å². The van der Waals surface area contributed by atoms with E-state index in [2.05, 4.69) is 11.1 Å². The van der Waals surface area contributed by atoms with Crippen molar-refractivity contribution in [2.45, 2.75) is 31.0 Å². The monoisotopic (exact) mass is 427 g/mol. The molecule has 0 unspecified atom stereocenters. The number of carbonyl (C=O) groups excluding carboxylic acids is 1. The van der Waals surface area contributed by atoms with Crippen LogP contribution in [-0.2, 0) is 11.0 Å². The number of thiocarbonyl (C=S) groups is 1. The van der Waals surface area contributed by atoms with E-state index >= 15 is 0 Å². The molecule has 1 aromatic carbocycles.